The molecule has 2 N–H and O–H groups in total. The summed E-state index contributed by atoms with van der Waals surface area (Å²) in [7, 11) is 0. The molecule has 0 atom stereocenters. The second-order valence-corrected chi connectivity index (χ2v) is 6.76. The number of benzene rings is 3. The summed E-state index contributed by atoms with van der Waals surface area (Å²) in [6, 6.07) is 24.3. The van der Waals surface area contributed by atoms with E-state index in [1.54, 1.807) is 24.3 Å². The van der Waals surface area contributed by atoms with Crippen LogP contribution in [-0.2, 0) is 4.79 Å². The summed E-state index contributed by atoms with van der Waals surface area (Å²) in [5.41, 5.74) is 3.36. The topological polar surface area (TPSA) is 58.2 Å². The molecule has 28 heavy (non-hydrogen) atoms. The van der Waals surface area contributed by atoms with Gasteiger partial charge < -0.3 is 10.6 Å². The van der Waals surface area contributed by atoms with Gasteiger partial charge in [-0.3, -0.25) is 9.59 Å². The molecule has 0 spiro atoms. The molecule has 0 aliphatic rings. The van der Waals surface area contributed by atoms with Gasteiger partial charge in [-0.25, -0.2) is 0 Å². The quantitative estimate of drug-likeness (QED) is 0.546. The lowest BCUT2D eigenvalue weighted by Crippen LogP contribution is -2.25. The van der Waals surface area contributed by atoms with Crippen LogP contribution in [0, 0.1) is 0 Å². The summed E-state index contributed by atoms with van der Waals surface area (Å²) >= 11 is 5.82. The molecule has 0 heterocycles. The third kappa shape index (κ3) is 5.44. The minimum Gasteiger partial charge on any atom is -0.352 e. The Kier molecular flexibility index (Phi) is 6.82. The fraction of sp³-hybridized carbons (Fsp3) is 0.130. The van der Waals surface area contributed by atoms with Gasteiger partial charge >= 0.3 is 0 Å². The Morgan fingerprint density at radius 3 is 2.25 bits per heavy atom. The summed E-state index contributed by atoms with van der Waals surface area (Å²) in [5.74, 6) is -0.254. The number of para-hydroxylation sites is 1. The molecule has 3 aromatic rings. The molecule has 142 valence electrons. The maximum atomic E-state index is 12.3. The monoisotopic (exact) mass is 392 g/mol. The molecule has 0 aliphatic heterocycles. The molecule has 0 aliphatic carbocycles. The lowest BCUT2D eigenvalue weighted by Gasteiger charge is -2.11. The minimum absolute atomic E-state index is 0.0795. The lowest BCUT2D eigenvalue weighted by molar-refractivity contribution is -0.116. The highest BCUT2D eigenvalue weighted by Crippen LogP contribution is 2.27. The van der Waals surface area contributed by atoms with Crippen LogP contribution in [0.1, 0.15) is 23.2 Å². The molecule has 0 radical (unpaired) electrons. The smallest absolute Gasteiger partial charge is 0.251 e. The van der Waals surface area contributed by atoms with Crippen molar-refractivity contribution >= 4 is 29.1 Å². The Labute approximate surface area is 169 Å². The van der Waals surface area contributed by atoms with Crippen molar-refractivity contribution in [3.05, 3.63) is 89.4 Å². The second-order valence-electron chi connectivity index (χ2n) is 6.33. The van der Waals surface area contributed by atoms with E-state index in [2.05, 4.69) is 10.6 Å². The van der Waals surface area contributed by atoms with Crippen molar-refractivity contribution in [1.82, 2.24) is 5.32 Å². The number of rotatable bonds is 7. The second kappa shape index (κ2) is 9.72. The van der Waals surface area contributed by atoms with Gasteiger partial charge in [0.2, 0.25) is 5.91 Å². The van der Waals surface area contributed by atoms with Crippen LogP contribution in [0.3, 0.4) is 0 Å². The molecule has 2 amide bonds. The Bertz CT molecular complexity index is 940. The Hall–Kier alpha value is -3.11. The van der Waals surface area contributed by atoms with Crippen LogP contribution >= 0.6 is 11.6 Å². The maximum Gasteiger partial charge on any atom is 0.251 e. The molecule has 0 unspecified atom stereocenters. The van der Waals surface area contributed by atoms with Crippen molar-refractivity contribution in [2.45, 2.75) is 12.8 Å². The Balaban J connectivity index is 1.49. The molecule has 0 saturated carbocycles. The van der Waals surface area contributed by atoms with Crippen molar-refractivity contribution in [1.29, 1.82) is 0 Å². The zero-order valence-corrected chi connectivity index (χ0v) is 16.1. The average molecular weight is 393 g/mol. The van der Waals surface area contributed by atoms with Crippen molar-refractivity contribution < 1.29 is 9.59 Å². The third-order valence-electron chi connectivity index (χ3n) is 4.26. The number of hydrogen-bond donors (Lipinski definition) is 2. The van der Waals surface area contributed by atoms with E-state index in [1.807, 2.05) is 54.6 Å². The molecule has 4 nitrogen and oxygen atoms in total. The predicted octanol–water partition coefficient (Wildman–Crippen LogP) is 5.16. The molecule has 0 aromatic heterocycles. The van der Waals surface area contributed by atoms with Crippen molar-refractivity contribution in [3.8, 4) is 11.1 Å². The summed E-state index contributed by atoms with van der Waals surface area (Å²) in [6.07, 6.45) is 0.878. The molecule has 5 heteroatoms. The SMILES string of the molecule is O=C(CCCNC(=O)c1ccc(Cl)cc1)Nc1ccccc1-c1ccccc1. The fourth-order valence-electron chi connectivity index (χ4n) is 2.83. The Morgan fingerprint density at radius 1 is 0.821 bits per heavy atom. The normalized spacial score (nSPS) is 10.3. The number of anilines is 1. The van der Waals surface area contributed by atoms with Crippen molar-refractivity contribution in [3.63, 3.8) is 0 Å². The zero-order valence-electron chi connectivity index (χ0n) is 15.3. The van der Waals surface area contributed by atoms with Gasteiger partial charge in [-0.2, -0.15) is 0 Å². The number of carbonyl (C=O) groups excluding carboxylic acids is 2. The van der Waals surface area contributed by atoms with Crippen LogP contribution in [0.5, 0.6) is 0 Å². The molecule has 0 saturated heterocycles. The highest BCUT2D eigenvalue weighted by molar-refractivity contribution is 6.30. The number of nitrogens with one attached hydrogen (secondary N) is 2. The molecule has 3 rings (SSSR count). The highest BCUT2D eigenvalue weighted by atomic mass is 35.5. The molecular formula is C23H21ClN2O2. The maximum absolute atomic E-state index is 12.3. The molecule has 3 aromatic carbocycles. The fourth-order valence-corrected chi connectivity index (χ4v) is 2.95. The van der Waals surface area contributed by atoms with Gasteiger partial charge in [0, 0.05) is 34.8 Å². The van der Waals surface area contributed by atoms with E-state index >= 15 is 0 Å². The van der Waals surface area contributed by atoms with Crippen molar-refractivity contribution in [2.75, 3.05) is 11.9 Å². The lowest BCUT2D eigenvalue weighted by atomic mass is 10.0. The van der Waals surface area contributed by atoms with Crippen LogP contribution in [0.4, 0.5) is 5.69 Å². The van der Waals surface area contributed by atoms with E-state index in [4.69, 9.17) is 11.6 Å². The van der Waals surface area contributed by atoms with E-state index in [9.17, 15) is 9.59 Å². The largest absolute Gasteiger partial charge is 0.352 e. The minimum atomic E-state index is -0.175. The number of hydrogen-bond acceptors (Lipinski definition) is 2. The van der Waals surface area contributed by atoms with Crippen LogP contribution in [-0.4, -0.2) is 18.4 Å². The van der Waals surface area contributed by atoms with Gasteiger partial charge in [0.05, 0.1) is 0 Å². The first-order valence-corrected chi connectivity index (χ1v) is 9.49. The zero-order chi connectivity index (χ0) is 19.8. The van der Waals surface area contributed by atoms with Gasteiger partial charge in [-0.15, -0.1) is 0 Å². The molecule has 0 fully saturated rings. The van der Waals surface area contributed by atoms with Gasteiger partial charge in [-0.05, 0) is 42.3 Å². The number of carbonyl (C=O) groups is 2. The van der Waals surface area contributed by atoms with E-state index in [1.165, 1.54) is 0 Å². The summed E-state index contributed by atoms with van der Waals surface area (Å²) in [5, 5.41) is 6.37. The van der Waals surface area contributed by atoms with Crippen LogP contribution in [0.15, 0.2) is 78.9 Å². The number of amides is 2. The van der Waals surface area contributed by atoms with Gasteiger partial charge in [0.15, 0.2) is 0 Å². The average Bonchev–Trinajstić information content (AvgIpc) is 2.72. The summed E-state index contributed by atoms with van der Waals surface area (Å²) in [4.78, 5) is 24.3. The number of halogens is 1. The van der Waals surface area contributed by atoms with E-state index in [-0.39, 0.29) is 11.8 Å². The van der Waals surface area contributed by atoms with Crippen LogP contribution < -0.4 is 10.6 Å². The standard InChI is InChI=1S/C23H21ClN2O2/c24-19-14-12-18(13-15-19)23(28)25-16-6-11-22(27)26-21-10-5-4-9-20(21)17-7-2-1-3-8-17/h1-5,7-10,12-15H,6,11,16H2,(H,25,28)(H,26,27). The Morgan fingerprint density at radius 2 is 1.50 bits per heavy atom. The first-order valence-electron chi connectivity index (χ1n) is 9.11. The highest BCUT2D eigenvalue weighted by Gasteiger charge is 2.09. The van der Waals surface area contributed by atoms with E-state index < -0.39 is 0 Å². The summed E-state index contributed by atoms with van der Waals surface area (Å²) in [6.45, 7) is 0.426. The van der Waals surface area contributed by atoms with Crippen LogP contribution in [0.25, 0.3) is 11.1 Å². The van der Waals surface area contributed by atoms with Gasteiger partial charge in [0.1, 0.15) is 0 Å². The summed E-state index contributed by atoms with van der Waals surface area (Å²) < 4.78 is 0. The predicted molar refractivity (Wildman–Crippen MR) is 114 cm³/mol. The van der Waals surface area contributed by atoms with E-state index in [0.717, 1.165) is 16.8 Å². The van der Waals surface area contributed by atoms with Gasteiger partial charge in [-0.1, -0.05) is 60.1 Å². The first-order chi connectivity index (χ1) is 13.6. The van der Waals surface area contributed by atoms with Crippen molar-refractivity contribution in [2.24, 2.45) is 0 Å². The molecular weight excluding hydrogens is 372 g/mol. The third-order valence-corrected chi connectivity index (χ3v) is 4.51. The van der Waals surface area contributed by atoms with E-state index in [0.29, 0.717) is 30.0 Å². The molecule has 0 bridgehead atoms. The van der Waals surface area contributed by atoms with Gasteiger partial charge in [0.25, 0.3) is 5.91 Å². The van der Waals surface area contributed by atoms with Crippen LogP contribution in [0.2, 0.25) is 5.02 Å². The first kappa shape index (κ1) is 19.6.